The van der Waals surface area contributed by atoms with Crippen LogP contribution in [0.2, 0.25) is 0 Å². The number of nitrogens with two attached hydrogens (primary N) is 2. The standard InChI is InChI=1S/C32H24N6O6S2/c33-31-25-7-3-1-5-23(25)29(45(39,40)41)17-27(31)37-35-21-13-9-19(10-14-21)20-11-15-22(16-12-20)36-38-28-18-30(46(42,43)44)24-6-2-4-8-26(24)32(28)34/h1-18H,33-34H2,(H,39,40,41)(H,42,43,44)/p-1. The molecule has 230 valence electrons. The van der Waals surface area contributed by atoms with Gasteiger partial charge in [0.1, 0.15) is 26.4 Å². The van der Waals surface area contributed by atoms with Gasteiger partial charge in [0.2, 0.25) is 0 Å². The molecule has 0 unspecified atom stereocenters. The summed E-state index contributed by atoms with van der Waals surface area (Å²) >= 11 is 0. The number of rotatable bonds is 7. The van der Waals surface area contributed by atoms with E-state index in [2.05, 4.69) is 20.5 Å². The number of benzene rings is 6. The Labute approximate surface area is 263 Å². The molecule has 6 rings (SSSR count). The van der Waals surface area contributed by atoms with E-state index in [-0.39, 0.29) is 38.4 Å². The Balaban J connectivity index is 1.22. The molecule has 0 heterocycles. The largest absolute Gasteiger partial charge is 0.744 e. The van der Waals surface area contributed by atoms with Crippen LogP contribution >= 0.6 is 0 Å². The minimum Gasteiger partial charge on any atom is -0.744 e. The van der Waals surface area contributed by atoms with Crippen molar-refractivity contribution in [2.75, 3.05) is 11.5 Å². The average molecular weight is 652 g/mol. The van der Waals surface area contributed by atoms with E-state index in [0.29, 0.717) is 22.1 Å². The first-order valence-corrected chi connectivity index (χ1v) is 16.3. The van der Waals surface area contributed by atoms with Crippen molar-refractivity contribution in [2.45, 2.75) is 9.79 Å². The van der Waals surface area contributed by atoms with E-state index in [0.717, 1.165) is 17.2 Å². The van der Waals surface area contributed by atoms with Gasteiger partial charge in [0, 0.05) is 21.5 Å². The van der Waals surface area contributed by atoms with Gasteiger partial charge in [0.05, 0.1) is 27.6 Å². The molecule has 0 aliphatic heterocycles. The molecular weight excluding hydrogens is 629 g/mol. The number of anilines is 2. The van der Waals surface area contributed by atoms with Crippen molar-refractivity contribution < 1.29 is 25.9 Å². The number of hydrogen-bond donors (Lipinski definition) is 3. The van der Waals surface area contributed by atoms with Crippen LogP contribution in [0.25, 0.3) is 32.7 Å². The van der Waals surface area contributed by atoms with Crippen molar-refractivity contribution in [2.24, 2.45) is 20.5 Å². The lowest BCUT2D eigenvalue weighted by atomic mass is 10.1. The molecular formula is C32H23N6O6S2-. The number of nitrogen functional groups attached to an aromatic ring is 2. The van der Waals surface area contributed by atoms with Crippen molar-refractivity contribution >= 4 is 75.9 Å². The summed E-state index contributed by atoms with van der Waals surface area (Å²) in [6.45, 7) is 0. The average Bonchev–Trinajstić information content (AvgIpc) is 3.04. The van der Waals surface area contributed by atoms with Crippen LogP contribution in [-0.4, -0.2) is 25.9 Å². The SMILES string of the molecule is Nc1c(N=Nc2ccc(-c3ccc(N=Nc4cc(S(=O)(=O)O)c5ccccc5c4N)cc3)cc2)cc(S(=O)(=O)[O-])c2ccccc12. The van der Waals surface area contributed by atoms with E-state index < -0.39 is 25.1 Å². The molecule has 12 nitrogen and oxygen atoms in total. The van der Waals surface area contributed by atoms with Crippen molar-refractivity contribution in [1.82, 2.24) is 0 Å². The third-order valence-electron chi connectivity index (χ3n) is 7.21. The fraction of sp³-hybridized carbons (Fsp3) is 0. The Hall–Kier alpha value is -5.54. The molecule has 46 heavy (non-hydrogen) atoms. The first kappa shape index (κ1) is 30.5. The zero-order valence-corrected chi connectivity index (χ0v) is 25.3. The highest BCUT2D eigenvalue weighted by Crippen LogP contribution is 2.38. The third kappa shape index (κ3) is 6.05. The smallest absolute Gasteiger partial charge is 0.295 e. The zero-order valence-electron chi connectivity index (χ0n) is 23.6. The lowest BCUT2D eigenvalue weighted by Gasteiger charge is -2.13. The minimum atomic E-state index is -4.78. The van der Waals surface area contributed by atoms with Crippen LogP contribution in [-0.2, 0) is 20.2 Å². The molecule has 0 spiro atoms. The van der Waals surface area contributed by atoms with Crippen LogP contribution in [0, 0.1) is 0 Å². The molecule has 0 radical (unpaired) electrons. The molecule has 0 aromatic heterocycles. The Morgan fingerprint density at radius 2 is 0.891 bits per heavy atom. The van der Waals surface area contributed by atoms with Crippen molar-refractivity contribution in [1.29, 1.82) is 0 Å². The minimum absolute atomic E-state index is 0.0570. The summed E-state index contributed by atoms with van der Waals surface area (Å²) in [4.78, 5) is -0.737. The molecule has 0 saturated heterocycles. The predicted octanol–water partition coefficient (Wildman–Crippen LogP) is 7.81. The molecule has 6 aromatic carbocycles. The van der Waals surface area contributed by atoms with Crippen LogP contribution in [0.5, 0.6) is 0 Å². The molecule has 5 N–H and O–H groups in total. The monoisotopic (exact) mass is 651 g/mol. The van der Waals surface area contributed by atoms with Gasteiger partial charge >= 0.3 is 0 Å². The summed E-state index contributed by atoms with van der Waals surface area (Å²) < 4.78 is 69.3. The van der Waals surface area contributed by atoms with Crippen LogP contribution in [0.3, 0.4) is 0 Å². The molecule has 0 bridgehead atoms. The quantitative estimate of drug-likeness (QED) is 0.0877. The maximum absolute atomic E-state index is 12.0. The van der Waals surface area contributed by atoms with E-state index in [1.165, 1.54) is 12.1 Å². The normalized spacial score (nSPS) is 12.5. The topological polar surface area (TPSA) is 213 Å². The van der Waals surface area contributed by atoms with Gasteiger partial charge in [0.25, 0.3) is 10.1 Å². The fourth-order valence-corrected chi connectivity index (χ4v) is 6.37. The third-order valence-corrected chi connectivity index (χ3v) is 8.98. The summed E-state index contributed by atoms with van der Waals surface area (Å²) in [6, 6.07) is 29.4. The Bertz CT molecular complexity index is 2260. The van der Waals surface area contributed by atoms with Gasteiger partial charge in [-0.05, 0) is 47.5 Å². The maximum atomic E-state index is 12.0. The summed E-state index contributed by atoms with van der Waals surface area (Å²) in [5.41, 5.74) is 15.6. The van der Waals surface area contributed by atoms with E-state index in [1.807, 2.05) is 24.3 Å². The molecule has 0 aliphatic carbocycles. The molecule has 6 aromatic rings. The second kappa shape index (κ2) is 11.8. The first-order chi connectivity index (χ1) is 21.9. The van der Waals surface area contributed by atoms with E-state index >= 15 is 0 Å². The predicted molar refractivity (Wildman–Crippen MR) is 175 cm³/mol. The second-order valence-corrected chi connectivity index (χ2v) is 12.9. The lowest BCUT2D eigenvalue weighted by Crippen LogP contribution is -2.01. The first-order valence-electron chi connectivity index (χ1n) is 13.5. The summed E-state index contributed by atoms with van der Waals surface area (Å²) in [6.07, 6.45) is 0. The summed E-state index contributed by atoms with van der Waals surface area (Å²) in [5.74, 6) is 0. The summed E-state index contributed by atoms with van der Waals surface area (Å²) in [7, 11) is -9.32. The molecule has 0 fully saturated rings. The highest BCUT2D eigenvalue weighted by molar-refractivity contribution is 7.86. The lowest BCUT2D eigenvalue weighted by molar-refractivity contribution is 0.464. The van der Waals surface area contributed by atoms with Gasteiger partial charge in [-0.1, -0.05) is 72.8 Å². The maximum Gasteiger partial charge on any atom is 0.295 e. The molecule has 14 heteroatoms. The van der Waals surface area contributed by atoms with Crippen LogP contribution in [0.1, 0.15) is 0 Å². The van der Waals surface area contributed by atoms with E-state index in [9.17, 15) is 25.9 Å². The molecule has 0 saturated carbocycles. The van der Waals surface area contributed by atoms with Crippen molar-refractivity contribution in [3.8, 4) is 11.1 Å². The van der Waals surface area contributed by atoms with Gasteiger partial charge in [0.15, 0.2) is 0 Å². The van der Waals surface area contributed by atoms with Gasteiger partial charge in [-0.15, -0.1) is 10.2 Å². The van der Waals surface area contributed by atoms with Crippen molar-refractivity contribution in [3.63, 3.8) is 0 Å². The van der Waals surface area contributed by atoms with Gasteiger partial charge in [-0.3, -0.25) is 4.55 Å². The fourth-order valence-electron chi connectivity index (χ4n) is 4.95. The molecule has 0 atom stereocenters. The molecule has 0 aliphatic rings. The highest BCUT2D eigenvalue weighted by Gasteiger charge is 2.18. The van der Waals surface area contributed by atoms with Gasteiger partial charge in [-0.2, -0.15) is 18.6 Å². The van der Waals surface area contributed by atoms with Crippen LogP contribution < -0.4 is 11.5 Å². The van der Waals surface area contributed by atoms with E-state index in [1.54, 1.807) is 66.7 Å². The number of fused-ring (bicyclic) bond motifs is 2. The number of nitrogens with zero attached hydrogens (tertiary/aromatic N) is 4. The Kier molecular flexibility index (Phi) is 7.79. The Morgan fingerprint density at radius 1 is 0.522 bits per heavy atom. The zero-order chi connectivity index (χ0) is 32.6. The number of hydrogen-bond acceptors (Lipinski definition) is 11. The van der Waals surface area contributed by atoms with E-state index in [4.69, 9.17) is 11.5 Å². The van der Waals surface area contributed by atoms with Gasteiger partial charge in [-0.25, -0.2) is 8.42 Å². The Morgan fingerprint density at radius 3 is 1.28 bits per heavy atom. The number of azo groups is 2. The second-order valence-electron chi connectivity index (χ2n) is 10.1. The summed E-state index contributed by atoms with van der Waals surface area (Å²) in [5, 5.41) is 17.9. The van der Waals surface area contributed by atoms with Gasteiger partial charge < -0.3 is 16.0 Å². The molecule has 0 amide bonds. The van der Waals surface area contributed by atoms with Crippen molar-refractivity contribution in [3.05, 3.63) is 109 Å². The highest BCUT2D eigenvalue weighted by atomic mass is 32.2. The van der Waals surface area contributed by atoms with Crippen LogP contribution in [0.4, 0.5) is 34.1 Å². The van der Waals surface area contributed by atoms with Crippen LogP contribution in [0.15, 0.2) is 139 Å².